The van der Waals surface area contributed by atoms with Crippen molar-refractivity contribution in [1.82, 2.24) is 0 Å². The van der Waals surface area contributed by atoms with E-state index in [-0.39, 0.29) is 0 Å². The van der Waals surface area contributed by atoms with Crippen molar-refractivity contribution in [1.29, 1.82) is 0 Å². The SMILES string of the molecule is C/C(=C/Br)CC(C)C. The Morgan fingerprint density at radius 1 is 1.62 bits per heavy atom. The van der Waals surface area contributed by atoms with Crippen LogP contribution in [0.5, 0.6) is 0 Å². The molecule has 1 heteroatoms. The van der Waals surface area contributed by atoms with Crippen molar-refractivity contribution in [3.8, 4) is 0 Å². The Labute approximate surface area is 60.1 Å². The Kier molecular flexibility index (Phi) is 4.25. The van der Waals surface area contributed by atoms with E-state index in [1.165, 1.54) is 12.0 Å². The van der Waals surface area contributed by atoms with Gasteiger partial charge in [-0.05, 0) is 24.2 Å². The summed E-state index contributed by atoms with van der Waals surface area (Å²) in [4.78, 5) is 1.99. The molecule has 0 radical (unpaired) electrons. The second-order valence-corrected chi connectivity index (χ2v) is 3.01. The average Bonchev–Trinajstić information content (AvgIpc) is 1.65. The third kappa shape index (κ3) is 4.38. The van der Waals surface area contributed by atoms with Gasteiger partial charge in [0.1, 0.15) is 0 Å². The van der Waals surface area contributed by atoms with Crippen LogP contribution in [-0.2, 0) is 0 Å². The first-order chi connectivity index (χ1) is 3.66. The van der Waals surface area contributed by atoms with Gasteiger partial charge >= 0.3 is 0 Å². The molecule has 0 unspecified atom stereocenters. The predicted molar refractivity (Wildman–Crippen MR) is 42.1 cm³/mol. The van der Waals surface area contributed by atoms with E-state index in [2.05, 4.69) is 36.7 Å². The van der Waals surface area contributed by atoms with Crippen molar-refractivity contribution in [2.45, 2.75) is 27.2 Å². The normalized spacial score (nSPS) is 12.9. The fourth-order valence-electron chi connectivity index (χ4n) is 0.688. The Morgan fingerprint density at radius 2 is 2.12 bits per heavy atom. The van der Waals surface area contributed by atoms with Crippen LogP contribution in [0.15, 0.2) is 10.6 Å². The highest BCUT2D eigenvalue weighted by atomic mass is 79.9. The number of halogens is 1. The second-order valence-electron chi connectivity index (χ2n) is 2.55. The van der Waals surface area contributed by atoms with Gasteiger partial charge in [-0.2, -0.15) is 0 Å². The van der Waals surface area contributed by atoms with E-state index < -0.39 is 0 Å². The highest BCUT2D eigenvalue weighted by Crippen LogP contribution is 2.10. The maximum atomic E-state index is 3.28. The lowest BCUT2D eigenvalue weighted by molar-refractivity contribution is 0.643. The van der Waals surface area contributed by atoms with Gasteiger partial charge < -0.3 is 0 Å². The number of allylic oxidation sites excluding steroid dienone is 1. The fraction of sp³-hybridized carbons (Fsp3) is 0.714. The van der Waals surface area contributed by atoms with E-state index in [1.54, 1.807) is 0 Å². The van der Waals surface area contributed by atoms with Gasteiger partial charge in [0.05, 0.1) is 0 Å². The van der Waals surface area contributed by atoms with Gasteiger partial charge in [0.2, 0.25) is 0 Å². The van der Waals surface area contributed by atoms with Gasteiger partial charge in [-0.1, -0.05) is 35.4 Å². The molecule has 8 heavy (non-hydrogen) atoms. The molecule has 0 aromatic rings. The van der Waals surface area contributed by atoms with Crippen molar-refractivity contribution < 1.29 is 0 Å². The molecule has 0 atom stereocenters. The summed E-state index contributed by atoms with van der Waals surface area (Å²) in [7, 11) is 0. The van der Waals surface area contributed by atoms with Crippen LogP contribution in [0.2, 0.25) is 0 Å². The Balaban J connectivity index is 3.39. The van der Waals surface area contributed by atoms with Crippen LogP contribution >= 0.6 is 15.9 Å². The van der Waals surface area contributed by atoms with Crippen LogP contribution in [0, 0.1) is 5.92 Å². The first-order valence-corrected chi connectivity index (χ1v) is 3.84. The van der Waals surface area contributed by atoms with Crippen molar-refractivity contribution in [3.63, 3.8) is 0 Å². The smallest absolute Gasteiger partial charge is 0.0200 e. The molecule has 0 nitrogen and oxygen atoms in total. The quantitative estimate of drug-likeness (QED) is 0.606. The first kappa shape index (κ1) is 8.22. The van der Waals surface area contributed by atoms with E-state index in [1.807, 2.05) is 4.99 Å². The number of rotatable bonds is 2. The third-order valence-corrected chi connectivity index (χ3v) is 1.70. The Hall–Kier alpha value is 0.220. The summed E-state index contributed by atoms with van der Waals surface area (Å²) in [6.45, 7) is 6.58. The second kappa shape index (κ2) is 4.13. The molecule has 0 aliphatic heterocycles. The largest absolute Gasteiger partial charge is 0.0662 e. The van der Waals surface area contributed by atoms with Gasteiger partial charge in [0.15, 0.2) is 0 Å². The fourth-order valence-corrected chi connectivity index (χ4v) is 0.875. The van der Waals surface area contributed by atoms with Crippen LogP contribution in [0.25, 0.3) is 0 Å². The molecule has 0 rings (SSSR count). The molecule has 0 aliphatic rings. The molecule has 0 spiro atoms. The standard InChI is InChI=1S/C7H13Br/c1-6(2)4-7(3)5-8/h5-6H,4H2,1-3H3/b7-5-. The molecule has 0 aromatic heterocycles. The maximum absolute atomic E-state index is 3.28. The van der Waals surface area contributed by atoms with Gasteiger partial charge in [0, 0.05) is 0 Å². The van der Waals surface area contributed by atoms with Crippen LogP contribution in [-0.4, -0.2) is 0 Å². The van der Waals surface area contributed by atoms with Gasteiger partial charge in [-0.3, -0.25) is 0 Å². The first-order valence-electron chi connectivity index (χ1n) is 2.92. The third-order valence-electron chi connectivity index (χ3n) is 0.916. The highest BCUT2D eigenvalue weighted by molar-refractivity contribution is 9.11. The molecular weight excluding hydrogens is 164 g/mol. The van der Waals surface area contributed by atoms with E-state index in [4.69, 9.17) is 0 Å². The lowest BCUT2D eigenvalue weighted by atomic mass is 10.1. The summed E-state index contributed by atoms with van der Waals surface area (Å²) in [6.07, 6.45) is 1.20. The Bertz CT molecular complexity index is 82.4. The minimum Gasteiger partial charge on any atom is -0.0662 e. The molecular formula is C7H13Br. The zero-order valence-electron chi connectivity index (χ0n) is 5.74. The summed E-state index contributed by atoms with van der Waals surface area (Å²) in [5.74, 6) is 0.781. The predicted octanol–water partition coefficient (Wildman–Crippen LogP) is 3.33. The van der Waals surface area contributed by atoms with Gasteiger partial charge in [-0.25, -0.2) is 0 Å². The van der Waals surface area contributed by atoms with E-state index >= 15 is 0 Å². The van der Waals surface area contributed by atoms with Gasteiger partial charge in [-0.15, -0.1) is 0 Å². The maximum Gasteiger partial charge on any atom is -0.0200 e. The highest BCUT2D eigenvalue weighted by Gasteiger charge is 1.92. The molecule has 0 aromatic carbocycles. The minimum atomic E-state index is 0.781. The monoisotopic (exact) mass is 176 g/mol. The molecule has 0 saturated heterocycles. The zero-order valence-corrected chi connectivity index (χ0v) is 7.33. The molecule has 48 valence electrons. The van der Waals surface area contributed by atoms with Crippen molar-refractivity contribution in [2.75, 3.05) is 0 Å². The summed E-state index contributed by atoms with van der Waals surface area (Å²) < 4.78 is 0. The van der Waals surface area contributed by atoms with E-state index in [9.17, 15) is 0 Å². The topological polar surface area (TPSA) is 0 Å². The summed E-state index contributed by atoms with van der Waals surface area (Å²) in [6, 6.07) is 0. The van der Waals surface area contributed by atoms with Crippen molar-refractivity contribution >= 4 is 15.9 Å². The average molecular weight is 177 g/mol. The molecule has 0 amide bonds. The van der Waals surface area contributed by atoms with Crippen molar-refractivity contribution in [2.24, 2.45) is 5.92 Å². The lowest BCUT2D eigenvalue weighted by Crippen LogP contribution is -1.85. The molecule has 0 aliphatic carbocycles. The van der Waals surface area contributed by atoms with Crippen LogP contribution in [0.3, 0.4) is 0 Å². The lowest BCUT2D eigenvalue weighted by Gasteiger charge is -2.01. The molecule has 0 bridgehead atoms. The van der Waals surface area contributed by atoms with Crippen LogP contribution < -0.4 is 0 Å². The van der Waals surface area contributed by atoms with E-state index in [0.717, 1.165) is 5.92 Å². The molecule has 0 saturated carbocycles. The number of hydrogen-bond acceptors (Lipinski definition) is 0. The van der Waals surface area contributed by atoms with Crippen LogP contribution in [0.1, 0.15) is 27.2 Å². The summed E-state index contributed by atoms with van der Waals surface area (Å²) in [5.41, 5.74) is 1.42. The number of hydrogen-bond donors (Lipinski definition) is 0. The zero-order chi connectivity index (χ0) is 6.57. The summed E-state index contributed by atoms with van der Waals surface area (Å²) >= 11 is 3.28. The summed E-state index contributed by atoms with van der Waals surface area (Å²) in [5, 5.41) is 0. The Morgan fingerprint density at radius 3 is 2.25 bits per heavy atom. The van der Waals surface area contributed by atoms with Gasteiger partial charge in [0.25, 0.3) is 0 Å². The minimum absolute atomic E-state index is 0.781. The molecule has 0 N–H and O–H groups in total. The molecule has 0 fully saturated rings. The van der Waals surface area contributed by atoms with E-state index in [0.29, 0.717) is 0 Å². The van der Waals surface area contributed by atoms with Crippen molar-refractivity contribution in [3.05, 3.63) is 10.6 Å². The van der Waals surface area contributed by atoms with Crippen LogP contribution in [0.4, 0.5) is 0 Å². The molecule has 0 heterocycles.